The van der Waals surface area contributed by atoms with Crippen molar-refractivity contribution in [3.05, 3.63) is 76.5 Å². The predicted molar refractivity (Wildman–Crippen MR) is 184 cm³/mol. The molecule has 2 aliphatic heterocycles. The number of pyridine rings is 1. The number of rotatable bonds is 10. The first-order valence-electron chi connectivity index (χ1n) is 16.6. The van der Waals surface area contributed by atoms with Gasteiger partial charge in [-0.05, 0) is 92.5 Å². The Kier molecular flexibility index (Phi) is 9.68. The molecule has 1 amide bonds. The third-order valence-corrected chi connectivity index (χ3v) is 11.0. The van der Waals surface area contributed by atoms with E-state index in [1.165, 1.54) is 49.9 Å². The van der Waals surface area contributed by atoms with Crippen LogP contribution in [0.25, 0.3) is 11.1 Å². The molecule has 1 unspecified atom stereocenters. The minimum Gasteiger partial charge on any atom is -0.491 e. The maximum Gasteiger partial charge on any atom is 0.255 e. The highest BCUT2D eigenvalue weighted by Crippen LogP contribution is 2.32. The molecule has 1 aromatic heterocycles. The zero-order valence-electron chi connectivity index (χ0n) is 27.0. The van der Waals surface area contributed by atoms with Gasteiger partial charge in [0.25, 0.3) is 5.91 Å². The lowest BCUT2D eigenvalue weighted by molar-refractivity contribution is 0.0957. The molecule has 45 heavy (non-hydrogen) atoms. The van der Waals surface area contributed by atoms with Gasteiger partial charge in [0.1, 0.15) is 24.9 Å². The van der Waals surface area contributed by atoms with E-state index in [2.05, 4.69) is 59.4 Å². The lowest BCUT2D eigenvalue weighted by Gasteiger charge is -2.26. The Bertz CT molecular complexity index is 1550. The van der Waals surface area contributed by atoms with E-state index >= 15 is 0 Å². The van der Waals surface area contributed by atoms with Crippen LogP contribution < -0.4 is 15.4 Å². The molecule has 1 fully saturated rings. The van der Waals surface area contributed by atoms with E-state index in [0.717, 1.165) is 30.0 Å². The Labute approximate surface area is 268 Å². The zero-order valence-corrected chi connectivity index (χ0v) is 28.0. The summed E-state index contributed by atoms with van der Waals surface area (Å²) in [5.74, 6) is 0.948. The van der Waals surface area contributed by atoms with Crippen LogP contribution in [0, 0.1) is 5.41 Å². The average molecular weight is 626 g/mol. The second kappa shape index (κ2) is 13.8. The Morgan fingerprint density at radius 1 is 1.07 bits per heavy atom. The summed E-state index contributed by atoms with van der Waals surface area (Å²) in [5, 5.41) is 15.5. The third kappa shape index (κ3) is 7.65. The SMILES string of the molecule is C[Si](C)(C)CCOCNc1ncc(-c2ccc3c(c2)CCC(N2CCCC2)CC3)cc1C(=N)c1ccc2c(c1)OCCNC2=O. The molecule has 0 spiro atoms. The molecule has 0 radical (unpaired) electrons. The number of amides is 1. The highest BCUT2D eigenvalue weighted by molar-refractivity contribution is 6.76. The Morgan fingerprint density at radius 3 is 2.67 bits per heavy atom. The van der Waals surface area contributed by atoms with Crippen LogP contribution in [-0.4, -0.2) is 75.2 Å². The Hall–Kier alpha value is -3.53. The van der Waals surface area contributed by atoms with Crippen LogP contribution in [0.3, 0.4) is 0 Å². The number of carbonyl (C=O) groups is 1. The van der Waals surface area contributed by atoms with Gasteiger partial charge in [-0.2, -0.15) is 0 Å². The largest absolute Gasteiger partial charge is 0.491 e. The number of anilines is 1. The first-order chi connectivity index (χ1) is 21.7. The fourth-order valence-corrected chi connectivity index (χ4v) is 7.38. The van der Waals surface area contributed by atoms with Crippen molar-refractivity contribution in [3.63, 3.8) is 0 Å². The van der Waals surface area contributed by atoms with Gasteiger partial charge in [-0.25, -0.2) is 4.98 Å². The van der Waals surface area contributed by atoms with Crippen molar-refractivity contribution in [3.8, 4) is 16.9 Å². The lowest BCUT2D eigenvalue weighted by atomic mass is 9.95. The van der Waals surface area contributed by atoms with Gasteiger partial charge in [-0.3, -0.25) is 10.2 Å². The van der Waals surface area contributed by atoms with Crippen molar-refractivity contribution in [2.75, 3.05) is 44.9 Å². The molecule has 238 valence electrons. The molecule has 6 rings (SSSR count). The molecule has 3 aromatic rings. The number of hydrogen-bond donors (Lipinski definition) is 3. The van der Waals surface area contributed by atoms with Gasteiger partial charge in [0.2, 0.25) is 0 Å². The van der Waals surface area contributed by atoms with Gasteiger partial charge in [-0.15, -0.1) is 0 Å². The van der Waals surface area contributed by atoms with Gasteiger partial charge in [0.15, 0.2) is 0 Å². The Morgan fingerprint density at radius 2 is 1.87 bits per heavy atom. The second-order valence-electron chi connectivity index (χ2n) is 13.8. The highest BCUT2D eigenvalue weighted by atomic mass is 28.3. The summed E-state index contributed by atoms with van der Waals surface area (Å²) in [6.45, 7) is 11.4. The molecule has 0 saturated carbocycles. The maximum absolute atomic E-state index is 12.5. The number of aryl methyl sites for hydroxylation is 2. The molecule has 1 saturated heterocycles. The number of aromatic nitrogens is 1. The van der Waals surface area contributed by atoms with Gasteiger partial charge < -0.3 is 25.0 Å². The van der Waals surface area contributed by atoms with Crippen LogP contribution in [0.1, 0.15) is 58.3 Å². The number of nitrogens with zero attached hydrogens (tertiary/aromatic N) is 2. The number of ether oxygens (including phenoxy) is 2. The van der Waals surface area contributed by atoms with E-state index in [1.807, 2.05) is 12.3 Å². The normalized spacial score (nSPS) is 18.6. The second-order valence-corrected chi connectivity index (χ2v) is 19.4. The zero-order chi connectivity index (χ0) is 31.4. The number of carbonyl (C=O) groups excluding carboxylic acids is 1. The van der Waals surface area contributed by atoms with Crippen LogP contribution in [0.15, 0.2) is 48.7 Å². The van der Waals surface area contributed by atoms with Gasteiger partial charge in [0.05, 0.1) is 17.8 Å². The van der Waals surface area contributed by atoms with E-state index in [9.17, 15) is 10.2 Å². The monoisotopic (exact) mass is 625 g/mol. The van der Waals surface area contributed by atoms with Crippen LogP contribution in [0.4, 0.5) is 5.82 Å². The molecule has 1 aliphatic carbocycles. The van der Waals surface area contributed by atoms with Crippen molar-refractivity contribution >= 4 is 25.5 Å². The predicted octanol–water partition coefficient (Wildman–Crippen LogP) is 6.35. The van der Waals surface area contributed by atoms with Crippen LogP contribution >= 0.6 is 0 Å². The minimum atomic E-state index is -1.20. The standard InChI is InChI=1S/C36H47N5O3Si/c1-45(2,3)19-18-43-24-40-35-32(34(37)28-10-13-31-33(22-28)44-17-14-38-36(31)42)21-29(23-39-35)27-7-6-25-8-11-30(12-9-26(25)20-27)41-15-4-5-16-41/h6-7,10,13,20-23,30,37H,4-5,8-9,11-12,14-19,24H2,1-3H3,(H,38,42)(H,39,40). The number of hydrogen-bond acceptors (Lipinski definition) is 7. The van der Waals surface area contributed by atoms with Gasteiger partial charge in [-0.1, -0.05) is 43.9 Å². The molecular weight excluding hydrogens is 579 g/mol. The quantitative estimate of drug-likeness (QED) is 0.0798. The highest BCUT2D eigenvalue weighted by Gasteiger charge is 2.25. The van der Waals surface area contributed by atoms with Gasteiger partial charge >= 0.3 is 0 Å². The molecule has 9 heteroatoms. The number of likely N-dealkylation sites (tertiary alicyclic amines) is 1. The summed E-state index contributed by atoms with van der Waals surface area (Å²) in [5.41, 5.74) is 7.15. The van der Waals surface area contributed by atoms with E-state index < -0.39 is 8.07 Å². The number of benzene rings is 2. The first-order valence-corrected chi connectivity index (χ1v) is 20.3. The van der Waals surface area contributed by atoms with Gasteiger partial charge in [0, 0.05) is 43.6 Å². The van der Waals surface area contributed by atoms with Crippen molar-refractivity contribution in [1.82, 2.24) is 15.2 Å². The third-order valence-electron chi connectivity index (χ3n) is 9.35. The summed E-state index contributed by atoms with van der Waals surface area (Å²) >= 11 is 0. The Balaban J connectivity index is 1.27. The molecule has 3 heterocycles. The summed E-state index contributed by atoms with van der Waals surface area (Å²) < 4.78 is 11.8. The van der Waals surface area contributed by atoms with Crippen LogP contribution in [0.5, 0.6) is 5.75 Å². The summed E-state index contributed by atoms with van der Waals surface area (Å²) in [6, 6.07) is 16.0. The van der Waals surface area contributed by atoms with E-state index in [1.54, 1.807) is 12.1 Å². The molecular formula is C36H47N5O3Si. The van der Waals surface area contributed by atoms with Crippen molar-refractivity contribution < 1.29 is 14.3 Å². The number of nitrogens with one attached hydrogen (secondary N) is 3. The first kappa shape index (κ1) is 31.4. The van der Waals surface area contributed by atoms with E-state index in [0.29, 0.717) is 66.5 Å². The molecule has 1 atom stereocenters. The maximum atomic E-state index is 12.5. The molecule has 8 nitrogen and oxygen atoms in total. The van der Waals surface area contributed by atoms with Crippen LogP contribution in [-0.2, 0) is 17.6 Å². The van der Waals surface area contributed by atoms with Crippen LogP contribution in [0.2, 0.25) is 25.7 Å². The minimum absolute atomic E-state index is 0.156. The van der Waals surface area contributed by atoms with E-state index in [-0.39, 0.29) is 5.91 Å². The molecule has 3 N–H and O–H groups in total. The molecule has 2 aromatic carbocycles. The molecule has 3 aliphatic rings. The fourth-order valence-electron chi connectivity index (χ4n) is 6.63. The lowest BCUT2D eigenvalue weighted by Crippen LogP contribution is -2.32. The van der Waals surface area contributed by atoms with Crippen molar-refractivity contribution in [2.45, 2.75) is 70.3 Å². The topological polar surface area (TPSA) is 99.6 Å². The van der Waals surface area contributed by atoms with E-state index in [4.69, 9.17) is 14.5 Å². The molecule has 0 bridgehead atoms. The van der Waals surface area contributed by atoms with Crippen molar-refractivity contribution in [1.29, 1.82) is 5.41 Å². The smallest absolute Gasteiger partial charge is 0.255 e. The number of fused-ring (bicyclic) bond motifs is 2. The fraction of sp³-hybridized carbons (Fsp3) is 0.472. The summed E-state index contributed by atoms with van der Waals surface area (Å²) in [6.07, 6.45) is 9.24. The summed E-state index contributed by atoms with van der Waals surface area (Å²) in [4.78, 5) is 20.0. The summed E-state index contributed by atoms with van der Waals surface area (Å²) in [7, 11) is -1.20. The average Bonchev–Trinajstić information content (AvgIpc) is 3.40. The van der Waals surface area contributed by atoms with Crippen molar-refractivity contribution in [2.24, 2.45) is 0 Å².